The second-order valence-corrected chi connectivity index (χ2v) is 5.02. The lowest BCUT2D eigenvalue weighted by atomic mass is 9.83. The number of benzene rings is 1. The molecule has 0 aromatic heterocycles. The van der Waals surface area contributed by atoms with Crippen LogP contribution in [0.15, 0.2) is 30.3 Å². The van der Waals surface area contributed by atoms with Gasteiger partial charge in [0.2, 0.25) is 0 Å². The Morgan fingerprint density at radius 2 is 1.85 bits per heavy atom. The van der Waals surface area contributed by atoms with Crippen LogP contribution < -0.4 is 0 Å². The molecule has 1 aromatic carbocycles. The molecule has 0 amide bonds. The van der Waals surface area contributed by atoms with Crippen LogP contribution in [-0.4, -0.2) is 48.8 Å². The lowest BCUT2D eigenvalue weighted by Crippen LogP contribution is -2.39. The fourth-order valence-electron chi connectivity index (χ4n) is 2.05. The Balaban J connectivity index is 2.64. The van der Waals surface area contributed by atoms with Crippen molar-refractivity contribution in [2.75, 3.05) is 32.8 Å². The van der Waals surface area contributed by atoms with E-state index in [0.717, 1.165) is 25.2 Å². The van der Waals surface area contributed by atoms with Crippen LogP contribution in [0.3, 0.4) is 0 Å². The number of carbonyl (C=O) groups is 1. The lowest BCUT2D eigenvalue weighted by molar-refractivity contribution is -0.152. The molecule has 0 fully saturated rings. The Hall–Kier alpha value is -1.39. The van der Waals surface area contributed by atoms with Crippen LogP contribution in [0.25, 0.3) is 0 Å². The minimum Gasteiger partial charge on any atom is -0.464 e. The molecule has 20 heavy (non-hydrogen) atoms. The summed E-state index contributed by atoms with van der Waals surface area (Å²) in [7, 11) is 0. The van der Waals surface area contributed by atoms with Crippen molar-refractivity contribution in [3.8, 4) is 0 Å². The van der Waals surface area contributed by atoms with Gasteiger partial charge >= 0.3 is 5.97 Å². The highest BCUT2D eigenvalue weighted by atomic mass is 16.5. The van der Waals surface area contributed by atoms with Crippen molar-refractivity contribution in [2.24, 2.45) is 0 Å². The van der Waals surface area contributed by atoms with Gasteiger partial charge in [-0.05, 0) is 25.6 Å². The first-order valence-electron chi connectivity index (χ1n) is 7.14. The van der Waals surface area contributed by atoms with E-state index in [2.05, 4.69) is 18.7 Å². The average Bonchev–Trinajstić information content (AvgIpc) is 2.51. The van der Waals surface area contributed by atoms with Crippen molar-refractivity contribution in [3.63, 3.8) is 0 Å². The molecule has 0 radical (unpaired) electrons. The number of carbonyl (C=O) groups excluding carboxylic acids is 1. The van der Waals surface area contributed by atoms with Gasteiger partial charge < -0.3 is 14.7 Å². The molecule has 0 aliphatic rings. The summed E-state index contributed by atoms with van der Waals surface area (Å²) in [4.78, 5) is 14.4. The maximum Gasteiger partial charge on any atom is 0.318 e. The zero-order valence-electron chi connectivity index (χ0n) is 12.6. The summed E-state index contributed by atoms with van der Waals surface area (Å²) >= 11 is 0. The standard InChI is InChI=1S/C16H25NO3/c1-4-17(5-2)11-12-20-15(19)16(3,13-18)14-9-7-6-8-10-14/h6-10,18H,4-5,11-13H2,1-3H3/t16-/m1/s1. The highest BCUT2D eigenvalue weighted by Gasteiger charge is 2.36. The molecule has 1 N–H and O–H groups in total. The average molecular weight is 279 g/mol. The van der Waals surface area contributed by atoms with E-state index in [-0.39, 0.29) is 12.6 Å². The monoisotopic (exact) mass is 279 g/mol. The van der Waals surface area contributed by atoms with E-state index in [0.29, 0.717) is 6.61 Å². The van der Waals surface area contributed by atoms with E-state index in [9.17, 15) is 9.90 Å². The maximum atomic E-state index is 12.3. The lowest BCUT2D eigenvalue weighted by Gasteiger charge is -2.26. The molecular formula is C16H25NO3. The predicted octanol–water partition coefficient (Wildman–Crippen LogP) is 1.82. The summed E-state index contributed by atoms with van der Waals surface area (Å²) in [6.45, 7) is 8.54. The third-order valence-electron chi connectivity index (χ3n) is 3.71. The number of aliphatic hydroxyl groups excluding tert-OH is 1. The molecule has 1 atom stereocenters. The topological polar surface area (TPSA) is 49.8 Å². The first-order chi connectivity index (χ1) is 9.58. The molecule has 0 unspecified atom stereocenters. The first kappa shape index (κ1) is 16.7. The molecule has 0 saturated carbocycles. The summed E-state index contributed by atoms with van der Waals surface area (Å²) in [6.07, 6.45) is 0. The second kappa shape index (κ2) is 8.02. The Morgan fingerprint density at radius 1 is 1.25 bits per heavy atom. The Bertz CT molecular complexity index is 403. The first-order valence-corrected chi connectivity index (χ1v) is 7.14. The SMILES string of the molecule is CCN(CC)CCOC(=O)[C@](C)(CO)c1ccccc1. The van der Waals surface area contributed by atoms with Crippen molar-refractivity contribution in [1.29, 1.82) is 0 Å². The van der Waals surface area contributed by atoms with Gasteiger partial charge in [-0.25, -0.2) is 0 Å². The number of hydrogen-bond acceptors (Lipinski definition) is 4. The zero-order chi connectivity index (χ0) is 15.0. The van der Waals surface area contributed by atoms with Gasteiger partial charge in [0, 0.05) is 6.54 Å². The number of esters is 1. The maximum absolute atomic E-state index is 12.3. The molecule has 4 heteroatoms. The summed E-state index contributed by atoms with van der Waals surface area (Å²) in [5.74, 6) is -0.377. The third-order valence-corrected chi connectivity index (χ3v) is 3.71. The number of likely N-dealkylation sites (N-methyl/N-ethyl adjacent to an activating group) is 1. The number of aliphatic hydroxyl groups is 1. The molecule has 0 spiro atoms. The van der Waals surface area contributed by atoms with Gasteiger partial charge in [0.05, 0.1) is 6.61 Å². The Morgan fingerprint density at radius 3 is 2.35 bits per heavy atom. The molecule has 0 saturated heterocycles. The fraction of sp³-hybridized carbons (Fsp3) is 0.562. The summed E-state index contributed by atoms with van der Waals surface area (Å²) in [6, 6.07) is 9.26. The van der Waals surface area contributed by atoms with Gasteiger partial charge in [-0.1, -0.05) is 44.2 Å². The van der Waals surface area contributed by atoms with E-state index < -0.39 is 5.41 Å². The van der Waals surface area contributed by atoms with E-state index >= 15 is 0 Å². The molecule has 0 bridgehead atoms. The van der Waals surface area contributed by atoms with E-state index in [1.165, 1.54) is 0 Å². The van der Waals surface area contributed by atoms with Crippen LogP contribution >= 0.6 is 0 Å². The van der Waals surface area contributed by atoms with Crippen LogP contribution in [0.4, 0.5) is 0 Å². The van der Waals surface area contributed by atoms with Gasteiger partial charge in [-0.15, -0.1) is 0 Å². The predicted molar refractivity (Wildman–Crippen MR) is 79.6 cm³/mol. The summed E-state index contributed by atoms with van der Waals surface area (Å²) < 4.78 is 5.35. The zero-order valence-corrected chi connectivity index (χ0v) is 12.6. The fourth-order valence-corrected chi connectivity index (χ4v) is 2.05. The van der Waals surface area contributed by atoms with Crippen LogP contribution in [0.2, 0.25) is 0 Å². The van der Waals surface area contributed by atoms with Gasteiger partial charge in [-0.3, -0.25) is 4.79 Å². The molecule has 1 rings (SSSR count). The number of ether oxygens (including phenoxy) is 1. The Kier molecular flexibility index (Phi) is 6.68. The smallest absolute Gasteiger partial charge is 0.318 e. The van der Waals surface area contributed by atoms with Crippen LogP contribution in [0.1, 0.15) is 26.3 Å². The molecule has 0 heterocycles. The summed E-state index contributed by atoms with van der Waals surface area (Å²) in [5.41, 5.74) is -0.222. The van der Waals surface area contributed by atoms with Crippen molar-refractivity contribution < 1.29 is 14.6 Å². The normalized spacial score (nSPS) is 14.1. The quantitative estimate of drug-likeness (QED) is 0.738. The van der Waals surface area contributed by atoms with Crippen molar-refractivity contribution in [3.05, 3.63) is 35.9 Å². The van der Waals surface area contributed by atoms with Crippen LogP contribution in [-0.2, 0) is 14.9 Å². The van der Waals surface area contributed by atoms with Gasteiger partial charge in [0.25, 0.3) is 0 Å². The minimum absolute atomic E-state index is 0.263. The van der Waals surface area contributed by atoms with E-state index in [4.69, 9.17) is 4.74 Å². The number of rotatable bonds is 8. The van der Waals surface area contributed by atoms with Crippen molar-refractivity contribution in [1.82, 2.24) is 4.90 Å². The highest BCUT2D eigenvalue weighted by molar-refractivity contribution is 5.82. The molecule has 112 valence electrons. The molecule has 1 aromatic rings. The van der Waals surface area contributed by atoms with E-state index in [1.807, 2.05) is 30.3 Å². The van der Waals surface area contributed by atoms with Crippen molar-refractivity contribution in [2.45, 2.75) is 26.2 Å². The van der Waals surface area contributed by atoms with Crippen molar-refractivity contribution >= 4 is 5.97 Å². The number of nitrogens with zero attached hydrogens (tertiary/aromatic N) is 1. The largest absolute Gasteiger partial charge is 0.464 e. The second-order valence-electron chi connectivity index (χ2n) is 5.02. The summed E-state index contributed by atoms with van der Waals surface area (Å²) in [5, 5.41) is 9.60. The third kappa shape index (κ3) is 4.05. The molecule has 0 aliphatic carbocycles. The molecular weight excluding hydrogens is 254 g/mol. The molecule has 4 nitrogen and oxygen atoms in total. The number of hydrogen-bond donors (Lipinski definition) is 1. The van der Waals surface area contributed by atoms with Crippen LogP contribution in [0.5, 0.6) is 0 Å². The van der Waals surface area contributed by atoms with Gasteiger partial charge in [0.15, 0.2) is 0 Å². The van der Waals surface area contributed by atoms with E-state index in [1.54, 1.807) is 6.92 Å². The van der Waals surface area contributed by atoms with Gasteiger partial charge in [0.1, 0.15) is 12.0 Å². The highest BCUT2D eigenvalue weighted by Crippen LogP contribution is 2.24. The van der Waals surface area contributed by atoms with Crippen LogP contribution in [0, 0.1) is 0 Å². The minimum atomic E-state index is -0.996. The van der Waals surface area contributed by atoms with Gasteiger partial charge in [-0.2, -0.15) is 0 Å². The Labute approximate surface area is 121 Å². The molecule has 0 aliphatic heterocycles.